The third-order valence-corrected chi connectivity index (χ3v) is 6.61. The van der Waals surface area contributed by atoms with Crippen molar-refractivity contribution >= 4 is 44.1 Å². The molecule has 0 unspecified atom stereocenters. The molecule has 1 heterocycles. The van der Waals surface area contributed by atoms with Crippen LogP contribution >= 0.6 is 0 Å². The van der Waals surface area contributed by atoms with E-state index >= 15 is 0 Å². The lowest BCUT2D eigenvalue weighted by Crippen LogP contribution is -2.34. The molecule has 4 rings (SSSR count). The first-order valence-electron chi connectivity index (χ1n) is 10.6. The second kappa shape index (κ2) is 9.83. The molecule has 0 spiro atoms. The van der Waals surface area contributed by atoms with Gasteiger partial charge < -0.3 is 10.6 Å². The third kappa shape index (κ3) is 5.75. The lowest BCUT2D eigenvalue weighted by molar-refractivity contribution is -0.123. The van der Waals surface area contributed by atoms with Crippen LogP contribution in [0.25, 0.3) is 10.8 Å². The van der Waals surface area contributed by atoms with Gasteiger partial charge in [0.25, 0.3) is 10.0 Å². The Balaban J connectivity index is 1.33. The number of amidine groups is 1. The molecule has 8 nitrogen and oxygen atoms in total. The summed E-state index contributed by atoms with van der Waals surface area (Å²) in [5, 5.41) is 7.27. The van der Waals surface area contributed by atoms with Crippen LogP contribution in [0.4, 0.5) is 5.69 Å². The molecule has 0 aliphatic carbocycles. The molecule has 0 fully saturated rings. The highest BCUT2D eigenvalue weighted by Crippen LogP contribution is 2.19. The summed E-state index contributed by atoms with van der Waals surface area (Å²) in [6.07, 6.45) is 1.56. The molecule has 3 aromatic rings. The van der Waals surface area contributed by atoms with Gasteiger partial charge in [0.2, 0.25) is 11.8 Å². The van der Waals surface area contributed by atoms with Crippen molar-refractivity contribution in [1.82, 2.24) is 10.0 Å². The topological polar surface area (TPSA) is 117 Å². The highest BCUT2D eigenvalue weighted by molar-refractivity contribution is 7.90. The number of hydrogen-bond donors (Lipinski definition) is 3. The molecule has 0 radical (unpaired) electrons. The van der Waals surface area contributed by atoms with E-state index in [9.17, 15) is 18.0 Å². The molecule has 3 aromatic carbocycles. The van der Waals surface area contributed by atoms with Crippen LogP contribution in [0.5, 0.6) is 0 Å². The minimum atomic E-state index is -3.78. The first-order chi connectivity index (χ1) is 15.9. The van der Waals surface area contributed by atoms with Crippen molar-refractivity contribution in [3.63, 3.8) is 0 Å². The molecule has 1 aliphatic rings. The van der Waals surface area contributed by atoms with E-state index in [1.54, 1.807) is 12.1 Å². The number of benzene rings is 3. The van der Waals surface area contributed by atoms with Crippen molar-refractivity contribution < 1.29 is 18.0 Å². The van der Waals surface area contributed by atoms with E-state index in [0.29, 0.717) is 24.5 Å². The van der Waals surface area contributed by atoms with Crippen LogP contribution in [0.2, 0.25) is 0 Å². The van der Waals surface area contributed by atoms with Gasteiger partial charge in [0.05, 0.1) is 17.9 Å². The fraction of sp³-hybridized carbons (Fsp3) is 0.208. The van der Waals surface area contributed by atoms with E-state index in [0.717, 1.165) is 22.8 Å². The molecule has 1 aliphatic heterocycles. The predicted octanol–water partition coefficient (Wildman–Crippen LogP) is 2.61. The molecule has 0 saturated carbocycles. The summed E-state index contributed by atoms with van der Waals surface area (Å²) < 4.78 is 27.6. The number of amides is 2. The van der Waals surface area contributed by atoms with Gasteiger partial charge in [-0.15, -0.1) is 0 Å². The number of fused-ring (bicyclic) bond motifs is 1. The van der Waals surface area contributed by atoms with Crippen molar-refractivity contribution in [3.8, 4) is 0 Å². The first kappa shape index (κ1) is 22.5. The van der Waals surface area contributed by atoms with E-state index in [1.165, 1.54) is 12.1 Å². The zero-order valence-electron chi connectivity index (χ0n) is 17.9. The standard InChI is InChI=1S/C24H24N4O4S/c29-23(14-18-8-3-7-17-6-1-2-11-21(17)18)26-16-24(30)27-19-9-4-10-20(15-19)33(31,32)28-22-12-5-13-25-22/h1-4,6-11,15H,5,12-14,16H2,(H,25,28)(H,26,29)(H,27,30). The molecule has 9 heteroatoms. The summed E-state index contributed by atoms with van der Waals surface area (Å²) in [6.45, 7) is 0.385. The van der Waals surface area contributed by atoms with Crippen LogP contribution in [0, 0.1) is 0 Å². The van der Waals surface area contributed by atoms with E-state index < -0.39 is 15.9 Å². The molecule has 0 saturated heterocycles. The second-order valence-electron chi connectivity index (χ2n) is 7.71. The van der Waals surface area contributed by atoms with Crippen molar-refractivity contribution in [2.75, 3.05) is 18.4 Å². The predicted molar refractivity (Wildman–Crippen MR) is 128 cm³/mol. The smallest absolute Gasteiger partial charge is 0.262 e. The van der Waals surface area contributed by atoms with Crippen LogP contribution in [-0.4, -0.2) is 39.2 Å². The zero-order chi connectivity index (χ0) is 23.3. The maximum atomic E-state index is 12.5. The number of rotatable bonds is 7. The maximum absolute atomic E-state index is 12.5. The second-order valence-corrected chi connectivity index (χ2v) is 9.39. The Bertz CT molecular complexity index is 1330. The molecule has 0 aromatic heterocycles. The van der Waals surface area contributed by atoms with E-state index in [2.05, 4.69) is 20.3 Å². The molecule has 170 valence electrons. The minimum Gasteiger partial charge on any atom is -0.347 e. The Morgan fingerprint density at radius 1 is 0.939 bits per heavy atom. The Morgan fingerprint density at radius 3 is 2.55 bits per heavy atom. The van der Waals surface area contributed by atoms with Crippen LogP contribution in [0.3, 0.4) is 0 Å². The van der Waals surface area contributed by atoms with Gasteiger partial charge in [0.1, 0.15) is 5.84 Å². The van der Waals surface area contributed by atoms with Crippen LogP contribution in [0.1, 0.15) is 18.4 Å². The zero-order valence-corrected chi connectivity index (χ0v) is 18.7. The van der Waals surface area contributed by atoms with Gasteiger partial charge in [-0.25, -0.2) is 8.42 Å². The number of aliphatic imine (C=N–C) groups is 1. The van der Waals surface area contributed by atoms with Crippen molar-refractivity contribution in [1.29, 1.82) is 0 Å². The first-order valence-corrected chi connectivity index (χ1v) is 12.1. The number of carbonyl (C=O) groups excluding carboxylic acids is 2. The van der Waals surface area contributed by atoms with Gasteiger partial charge in [-0.2, -0.15) is 0 Å². The number of sulfonamides is 1. The Labute approximate surface area is 192 Å². The maximum Gasteiger partial charge on any atom is 0.262 e. The normalized spacial score (nSPS) is 13.4. The molecule has 0 atom stereocenters. The third-order valence-electron chi connectivity index (χ3n) is 5.23. The fourth-order valence-corrected chi connectivity index (χ4v) is 4.78. The lowest BCUT2D eigenvalue weighted by Gasteiger charge is -2.11. The molecule has 2 amide bonds. The van der Waals surface area contributed by atoms with Gasteiger partial charge in [0.15, 0.2) is 0 Å². The molecular formula is C24H24N4O4S. The fourth-order valence-electron chi connectivity index (χ4n) is 3.64. The molecule has 33 heavy (non-hydrogen) atoms. The number of carbonyl (C=O) groups is 2. The van der Waals surface area contributed by atoms with Gasteiger partial charge >= 0.3 is 0 Å². The Morgan fingerprint density at radius 2 is 1.73 bits per heavy atom. The monoisotopic (exact) mass is 464 g/mol. The number of hydrogen-bond acceptors (Lipinski definition) is 5. The summed E-state index contributed by atoms with van der Waals surface area (Å²) in [4.78, 5) is 28.8. The Hall–Kier alpha value is -3.72. The molecule has 0 bridgehead atoms. The average molecular weight is 465 g/mol. The van der Waals surface area contributed by atoms with Gasteiger partial charge in [-0.05, 0) is 41.0 Å². The average Bonchev–Trinajstić information content (AvgIpc) is 3.30. The van der Waals surface area contributed by atoms with Crippen molar-refractivity contribution in [2.45, 2.75) is 24.2 Å². The SMILES string of the molecule is O=C(Cc1cccc2ccccc12)NCC(=O)Nc1cccc(S(=O)(=O)NC2=NCCC2)c1. The summed E-state index contributed by atoms with van der Waals surface area (Å²) in [7, 11) is -3.78. The summed E-state index contributed by atoms with van der Waals surface area (Å²) in [5.41, 5.74) is 1.20. The van der Waals surface area contributed by atoms with Gasteiger partial charge in [-0.3, -0.25) is 19.3 Å². The number of nitrogens with one attached hydrogen (secondary N) is 3. The quantitative estimate of drug-likeness (QED) is 0.498. The van der Waals surface area contributed by atoms with Crippen molar-refractivity contribution in [2.24, 2.45) is 4.99 Å². The minimum absolute atomic E-state index is 0.0230. The highest BCUT2D eigenvalue weighted by atomic mass is 32.2. The largest absolute Gasteiger partial charge is 0.347 e. The van der Waals surface area contributed by atoms with Crippen LogP contribution in [0.15, 0.2) is 76.6 Å². The Kier molecular flexibility index (Phi) is 6.69. The number of nitrogens with zero attached hydrogens (tertiary/aromatic N) is 1. The van der Waals surface area contributed by atoms with Crippen LogP contribution in [-0.2, 0) is 26.0 Å². The molecular weight excluding hydrogens is 440 g/mol. The van der Waals surface area contributed by atoms with Crippen LogP contribution < -0.4 is 15.4 Å². The van der Waals surface area contributed by atoms with Crippen molar-refractivity contribution in [3.05, 3.63) is 72.3 Å². The lowest BCUT2D eigenvalue weighted by atomic mass is 10.0. The summed E-state index contributed by atoms with van der Waals surface area (Å²) in [6, 6.07) is 19.5. The molecule has 3 N–H and O–H groups in total. The van der Waals surface area contributed by atoms with Gasteiger partial charge in [-0.1, -0.05) is 48.5 Å². The van der Waals surface area contributed by atoms with E-state index in [-0.39, 0.29) is 23.8 Å². The van der Waals surface area contributed by atoms with Gasteiger partial charge in [0, 0.05) is 18.7 Å². The van der Waals surface area contributed by atoms with E-state index in [4.69, 9.17) is 0 Å². The van der Waals surface area contributed by atoms with E-state index in [1.807, 2.05) is 42.5 Å². The number of anilines is 1. The summed E-state index contributed by atoms with van der Waals surface area (Å²) in [5.74, 6) is -0.290. The summed E-state index contributed by atoms with van der Waals surface area (Å²) >= 11 is 0. The highest BCUT2D eigenvalue weighted by Gasteiger charge is 2.19.